The third-order valence-corrected chi connectivity index (χ3v) is 4.96. The lowest BCUT2D eigenvalue weighted by Gasteiger charge is -2.20. The second-order valence-corrected chi connectivity index (χ2v) is 7.87. The number of carbonyl (C=O) groups excluding carboxylic acids is 1. The maximum Gasteiger partial charge on any atom is 0.411 e. The summed E-state index contributed by atoms with van der Waals surface area (Å²) in [5.74, 6) is 0. The molecule has 0 atom stereocenters. The van der Waals surface area contributed by atoms with Crippen LogP contribution in [0.1, 0.15) is 23.8 Å². The molecule has 2 rings (SSSR count). The minimum Gasteiger partial charge on any atom is -0.449 e. The van der Waals surface area contributed by atoms with E-state index in [1.807, 2.05) is 26.0 Å². The molecule has 0 saturated carbocycles. The van der Waals surface area contributed by atoms with Crippen LogP contribution < -0.4 is 10.2 Å². The number of thiophene rings is 1. The lowest BCUT2D eigenvalue weighted by atomic mass is 10.1. The molecule has 0 radical (unpaired) electrons. The number of aryl methyl sites for hydroxylation is 1. The lowest BCUT2D eigenvalue weighted by Crippen LogP contribution is -2.17. The molecule has 6 heteroatoms. The second kappa shape index (κ2) is 8.36. The highest BCUT2D eigenvalue weighted by Crippen LogP contribution is 2.27. The van der Waals surface area contributed by atoms with Gasteiger partial charge in [-0.05, 0) is 65.2 Å². The molecule has 1 aromatic heterocycles. The SMILES string of the molecule is CCCOC(=O)Nc1ccc(N(C)Cc2ccc(Br)s2)cc1C. The highest BCUT2D eigenvalue weighted by Gasteiger charge is 2.09. The van der Waals surface area contributed by atoms with Crippen LogP contribution in [0.5, 0.6) is 0 Å². The number of nitrogens with zero attached hydrogens (tertiary/aromatic N) is 1. The van der Waals surface area contributed by atoms with Gasteiger partial charge in [0.2, 0.25) is 0 Å². The van der Waals surface area contributed by atoms with E-state index in [1.54, 1.807) is 11.3 Å². The minimum absolute atomic E-state index is 0.403. The average molecular weight is 397 g/mol. The van der Waals surface area contributed by atoms with Crippen LogP contribution in [-0.4, -0.2) is 19.7 Å². The molecule has 1 amide bonds. The Labute approximate surface area is 149 Å². The third-order valence-electron chi connectivity index (χ3n) is 3.35. The van der Waals surface area contributed by atoms with Crippen LogP contribution in [0.2, 0.25) is 0 Å². The van der Waals surface area contributed by atoms with E-state index in [9.17, 15) is 4.79 Å². The van der Waals surface area contributed by atoms with Crippen molar-refractivity contribution in [2.75, 3.05) is 23.9 Å². The predicted octanol–water partition coefficient (Wildman–Crippen LogP) is 5.41. The van der Waals surface area contributed by atoms with Gasteiger partial charge in [-0.1, -0.05) is 6.92 Å². The first-order chi connectivity index (χ1) is 11.0. The molecule has 124 valence electrons. The van der Waals surface area contributed by atoms with Gasteiger partial charge in [-0.25, -0.2) is 4.79 Å². The summed E-state index contributed by atoms with van der Waals surface area (Å²) in [6, 6.07) is 10.2. The van der Waals surface area contributed by atoms with E-state index in [4.69, 9.17) is 4.74 Å². The minimum atomic E-state index is -0.403. The monoisotopic (exact) mass is 396 g/mol. The van der Waals surface area contributed by atoms with Crippen LogP contribution in [0, 0.1) is 6.92 Å². The number of hydrogen-bond acceptors (Lipinski definition) is 4. The van der Waals surface area contributed by atoms with Crippen LogP contribution in [0.4, 0.5) is 16.2 Å². The molecule has 1 aromatic carbocycles. The van der Waals surface area contributed by atoms with E-state index < -0.39 is 6.09 Å². The normalized spacial score (nSPS) is 10.4. The number of amides is 1. The van der Waals surface area contributed by atoms with E-state index in [-0.39, 0.29) is 0 Å². The zero-order chi connectivity index (χ0) is 16.8. The van der Waals surface area contributed by atoms with Crippen molar-refractivity contribution >= 4 is 44.7 Å². The van der Waals surface area contributed by atoms with Crippen molar-refractivity contribution in [2.45, 2.75) is 26.8 Å². The fraction of sp³-hybridized carbons (Fsp3) is 0.353. The average Bonchev–Trinajstić information content (AvgIpc) is 2.92. The van der Waals surface area contributed by atoms with Crippen LogP contribution in [0.25, 0.3) is 0 Å². The number of nitrogens with one attached hydrogen (secondary N) is 1. The Balaban J connectivity index is 2.01. The maximum absolute atomic E-state index is 11.6. The summed E-state index contributed by atoms with van der Waals surface area (Å²) in [5.41, 5.74) is 2.90. The fourth-order valence-corrected chi connectivity index (χ4v) is 3.66. The summed E-state index contributed by atoms with van der Waals surface area (Å²) in [6.45, 7) is 5.23. The molecule has 0 unspecified atom stereocenters. The molecule has 0 spiro atoms. The van der Waals surface area contributed by atoms with Crippen molar-refractivity contribution in [3.63, 3.8) is 0 Å². The summed E-state index contributed by atoms with van der Waals surface area (Å²) in [4.78, 5) is 15.1. The van der Waals surface area contributed by atoms with Gasteiger partial charge in [-0.3, -0.25) is 5.32 Å². The Bertz CT molecular complexity index is 672. The zero-order valence-corrected chi connectivity index (χ0v) is 16.0. The van der Waals surface area contributed by atoms with E-state index >= 15 is 0 Å². The predicted molar refractivity (Wildman–Crippen MR) is 101 cm³/mol. The molecule has 0 fully saturated rings. The standard InChI is InChI=1S/C17H21BrN2O2S/c1-4-9-22-17(21)19-15-7-5-13(10-12(15)2)20(3)11-14-6-8-16(18)23-14/h5-8,10H,4,9,11H2,1-3H3,(H,19,21). The summed E-state index contributed by atoms with van der Waals surface area (Å²) in [7, 11) is 2.06. The Morgan fingerprint density at radius 3 is 2.74 bits per heavy atom. The second-order valence-electron chi connectivity index (χ2n) is 5.32. The molecule has 2 aromatic rings. The van der Waals surface area contributed by atoms with Crippen molar-refractivity contribution < 1.29 is 9.53 Å². The van der Waals surface area contributed by atoms with Gasteiger partial charge < -0.3 is 9.64 Å². The number of anilines is 2. The van der Waals surface area contributed by atoms with Gasteiger partial charge >= 0.3 is 6.09 Å². The summed E-state index contributed by atoms with van der Waals surface area (Å²) in [6.07, 6.45) is 0.411. The first-order valence-corrected chi connectivity index (χ1v) is 9.10. The van der Waals surface area contributed by atoms with Gasteiger partial charge in [0.1, 0.15) is 0 Å². The molecule has 0 aliphatic heterocycles. The molecule has 4 nitrogen and oxygen atoms in total. The molecule has 0 aliphatic carbocycles. The molecule has 1 N–H and O–H groups in total. The third kappa shape index (κ3) is 5.25. The van der Waals surface area contributed by atoms with Gasteiger partial charge in [0.05, 0.1) is 16.9 Å². The molecule has 0 aliphatic rings. The first-order valence-electron chi connectivity index (χ1n) is 7.49. The van der Waals surface area contributed by atoms with Gasteiger partial charge in [0, 0.05) is 23.3 Å². The number of hydrogen-bond donors (Lipinski definition) is 1. The maximum atomic E-state index is 11.6. The topological polar surface area (TPSA) is 41.6 Å². The number of ether oxygens (including phenoxy) is 1. The van der Waals surface area contributed by atoms with Gasteiger partial charge in [0.25, 0.3) is 0 Å². The quantitative estimate of drug-likeness (QED) is 0.708. The van der Waals surface area contributed by atoms with Crippen molar-refractivity contribution in [2.24, 2.45) is 0 Å². The summed E-state index contributed by atoms with van der Waals surface area (Å²) < 4.78 is 6.19. The molecule has 0 bridgehead atoms. The molecule has 23 heavy (non-hydrogen) atoms. The van der Waals surface area contributed by atoms with Crippen LogP contribution in [0.3, 0.4) is 0 Å². The highest BCUT2D eigenvalue weighted by atomic mass is 79.9. The Morgan fingerprint density at radius 1 is 1.35 bits per heavy atom. The largest absolute Gasteiger partial charge is 0.449 e. The molecular weight excluding hydrogens is 376 g/mol. The first kappa shape index (κ1) is 17.8. The van der Waals surface area contributed by atoms with Gasteiger partial charge in [0.15, 0.2) is 0 Å². The Morgan fingerprint density at radius 2 is 2.13 bits per heavy atom. The van der Waals surface area contributed by atoms with Crippen LogP contribution in [-0.2, 0) is 11.3 Å². The smallest absolute Gasteiger partial charge is 0.411 e. The lowest BCUT2D eigenvalue weighted by molar-refractivity contribution is 0.161. The van der Waals surface area contributed by atoms with Gasteiger partial charge in [-0.2, -0.15) is 0 Å². The van der Waals surface area contributed by atoms with Gasteiger partial charge in [-0.15, -0.1) is 11.3 Å². The van der Waals surface area contributed by atoms with E-state index in [1.165, 1.54) is 4.88 Å². The number of rotatable bonds is 6. The number of halogens is 1. The fourth-order valence-electron chi connectivity index (χ4n) is 2.13. The van der Waals surface area contributed by atoms with E-state index in [0.29, 0.717) is 6.61 Å². The van der Waals surface area contributed by atoms with E-state index in [2.05, 4.69) is 51.4 Å². The van der Waals surface area contributed by atoms with Crippen molar-refractivity contribution in [1.82, 2.24) is 0 Å². The van der Waals surface area contributed by atoms with Crippen molar-refractivity contribution in [1.29, 1.82) is 0 Å². The molecule has 1 heterocycles. The number of carbonyl (C=O) groups is 1. The van der Waals surface area contributed by atoms with E-state index in [0.717, 1.165) is 33.7 Å². The zero-order valence-electron chi connectivity index (χ0n) is 13.6. The summed E-state index contributed by atoms with van der Waals surface area (Å²) in [5, 5.41) is 2.78. The van der Waals surface area contributed by atoms with Crippen molar-refractivity contribution in [3.05, 3.63) is 44.6 Å². The molecule has 0 saturated heterocycles. The Kier molecular flexibility index (Phi) is 6.47. The molecular formula is C17H21BrN2O2S. The van der Waals surface area contributed by atoms with Crippen molar-refractivity contribution in [3.8, 4) is 0 Å². The summed E-state index contributed by atoms with van der Waals surface area (Å²) >= 11 is 5.22. The van der Waals surface area contributed by atoms with Crippen LogP contribution in [0.15, 0.2) is 34.1 Å². The number of benzene rings is 1. The van der Waals surface area contributed by atoms with Crippen LogP contribution >= 0.6 is 27.3 Å². The Hall–Kier alpha value is -1.53. The highest BCUT2D eigenvalue weighted by molar-refractivity contribution is 9.11.